The predicted molar refractivity (Wildman–Crippen MR) is 64.4 cm³/mol. The molecule has 0 aliphatic heterocycles. The van der Waals surface area contributed by atoms with Gasteiger partial charge in [-0.2, -0.15) is 0 Å². The quantitative estimate of drug-likeness (QED) is 0.718. The molecule has 0 bridgehead atoms. The summed E-state index contributed by atoms with van der Waals surface area (Å²) in [6.45, 7) is 0. The number of hydrogen-bond donors (Lipinski definition) is 1. The molecule has 0 spiro atoms. The zero-order valence-electron chi connectivity index (χ0n) is 9.74. The lowest BCUT2D eigenvalue weighted by atomic mass is 10.1. The summed E-state index contributed by atoms with van der Waals surface area (Å²) in [5.41, 5.74) is 6.37. The van der Waals surface area contributed by atoms with Crippen molar-refractivity contribution in [1.29, 1.82) is 0 Å². The fourth-order valence-corrected chi connectivity index (χ4v) is 1.60. The molecular weight excluding hydrogens is 202 g/mol. The van der Waals surface area contributed by atoms with Crippen molar-refractivity contribution >= 4 is 5.91 Å². The number of nitrogens with two attached hydrogens (primary N) is 1. The molecule has 0 radical (unpaired) electrons. The van der Waals surface area contributed by atoms with Crippen LogP contribution in [-0.4, -0.2) is 13.0 Å². The average molecular weight is 221 g/mol. The summed E-state index contributed by atoms with van der Waals surface area (Å²) in [6, 6.07) is 8.09. The molecule has 1 aromatic rings. The maximum Gasteiger partial charge on any atom is 0.217 e. The highest BCUT2D eigenvalue weighted by Gasteiger charge is 1.97. The molecule has 0 aromatic heterocycles. The van der Waals surface area contributed by atoms with E-state index >= 15 is 0 Å². The van der Waals surface area contributed by atoms with Crippen molar-refractivity contribution < 1.29 is 9.53 Å². The Bertz CT molecular complexity index is 319. The highest BCUT2D eigenvalue weighted by atomic mass is 16.5. The fraction of sp³-hybridized carbons (Fsp3) is 0.462. The van der Waals surface area contributed by atoms with E-state index in [9.17, 15) is 4.79 Å². The summed E-state index contributed by atoms with van der Waals surface area (Å²) in [5.74, 6) is 0.682. The van der Waals surface area contributed by atoms with Crippen LogP contribution in [0.3, 0.4) is 0 Å². The number of methoxy groups -OCH3 is 1. The van der Waals surface area contributed by atoms with Gasteiger partial charge < -0.3 is 10.5 Å². The molecule has 0 saturated carbocycles. The Morgan fingerprint density at radius 2 is 1.88 bits per heavy atom. The molecule has 0 aliphatic carbocycles. The maximum absolute atomic E-state index is 10.5. The van der Waals surface area contributed by atoms with E-state index in [1.807, 2.05) is 12.1 Å². The number of carbonyl (C=O) groups is 1. The minimum Gasteiger partial charge on any atom is -0.497 e. The molecule has 0 heterocycles. The van der Waals surface area contributed by atoms with Crippen molar-refractivity contribution in [3.05, 3.63) is 29.8 Å². The fourth-order valence-electron chi connectivity index (χ4n) is 1.60. The summed E-state index contributed by atoms with van der Waals surface area (Å²) >= 11 is 0. The number of ether oxygens (including phenoxy) is 1. The molecule has 88 valence electrons. The van der Waals surface area contributed by atoms with E-state index in [2.05, 4.69) is 12.1 Å². The standard InChI is InChI=1S/C13H19NO2/c1-16-12-9-7-11(8-10-12)5-3-2-4-6-13(14)15/h7-10H,2-6H2,1H3,(H2,14,15). The molecule has 0 fully saturated rings. The van der Waals surface area contributed by atoms with Gasteiger partial charge in [-0.1, -0.05) is 18.6 Å². The number of unbranched alkanes of at least 4 members (excludes halogenated alkanes) is 2. The molecule has 0 atom stereocenters. The van der Waals surface area contributed by atoms with Crippen LogP contribution in [0.5, 0.6) is 5.75 Å². The number of hydrogen-bond acceptors (Lipinski definition) is 2. The van der Waals surface area contributed by atoms with Gasteiger partial charge in [0.1, 0.15) is 5.75 Å². The van der Waals surface area contributed by atoms with E-state index in [0.717, 1.165) is 31.4 Å². The van der Waals surface area contributed by atoms with Crippen molar-refractivity contribution in [1.82, 2.24) is 0 Å². The number of aryl methyl sites for hydroxylation is 1. The first-order valence-corrected chi connectivity index (χ1v) is 5.63. The first kappa shape index (κ1) is 12.6. The summed E-state index contributed by atoms with van der Waals surface area (Å²) in [4.78, 5) is 10.5. The van der Waals surface area contributed by atoms with E-state index in [1.54, 1.807) is 7.11 Å². The van der Waals surface area contributed by atoms with Gasteiger partial charge in [0.25, 0.3) is 0 Å². The van der Waals surface area contributed by atoms with Crippen molar-refractivity contribution in [3.8, 4) is 5.75 Å². The topological polar surface area (TPSA) is 52.3 Å². The van der Waals surface area contributed by atoms with E-state index in [1.165, 1.54) is 5.56 Å². The molecular formula is C13H19NO2. The molecule has 2 N–H and O–H groups in total. The number of benzene rings is 1. The molecule has 0 unspecified atom stereocenters. The number of amides is 1. The Labute approximate surface area is 96.6 Å². The predicted octanol–water partition coefficient (Wildman–Crippen LogP) is 2.28. The lowest BCUT2D eigenvalue weighted by Crippen LogP contribution is -2.09. The zero-order valence-corrected chi connectivity index (χ0v) is 9.74. The van der Waals surface area contributed by atoms with Crippen molar-refractivity contribution in [2.24, 2.45) is 5.73 Å². The van der Waals surface area contributed by atoms with Gasteiger partial charge in [0.05, 0.1) is 7.11 Å². The third-order valence-electron chi connectivity index (χ3n) is 2.55. The van der Waals surface area contributed by atoms with E-state index in [0.29, 0.717) is 6.42 Å². The van der Waals surface area contributed by atoms with Gasteiger partial charge in [0.15, 0.2) is 0 Å². The van der Waals surface area contributed by atoms with Crippen LogP contribution < -0.4 is 10.5 Å². The minimum atomic E-state index is -0.204. The first-order valence-electron chi connectivity index (χ1n) is 5.63. The third-order valence-corrected chi connectivity index (χ3v) is 2.55. The number of rotatable bonds is 7. The Morgan fingerprint density at radius 3 is 2.44 bits per heavy atom. The van der Waals surface area contributed by atoms with E-state index in [-0.39, 0.29) is 5.91 Å². The van der Waals surface area contributed by atoms with Gasteiger partial charge in [-0.15, -0.1) is 0 Å². The summed E-state index contributed by atoms with van der Waals surface area (Å²) in [7, 11) is 1.67. The van der Waals surface area contributed by atoms with Crippen LogP contribution in [0, 0.1) is 0 Å². The molecule has 1 amide bonds. The smallest absolute Gasteiger partial charge is 0.217 e. The van der Waals surface area contributed by atoms with Crippen LogP contribution in [0.15, 0.2) is 24.3 Å². The second-order valence-electron chi connectivity index (χ2n) is 3.88. The van der Waals surface area contributed by atoms with Gasteiger partial charge in [0, 0.05) is 6.42 Å². The van der Waals surface area contributed by atoms with Crippen LogP contribution in [0.4, 0.5) is 0 Å². The highest BCUT2D eigenvalue weighted by molar-refractivity contribution is 5.73. The molecule has 0 aliphatic rings. The molecule has 3 nitrogen and oxygen atoms in total. The Hall–Kier alpha value is -1.51. The molecule has 16 heavy (non-hydrogen) atoms. The minimum absolute atomic E-state index is 0.204. The SMILES string of the molecule is COc1ccc(CCCCCC(N)=O)cc1. The van der Waals surface area contributed by atoms with Gasteiger partial charge in [-0.05, 0) is 37.0 Å². The van der Waals surface area contributed by atoms with Crippen LogP contribution in [0.2, 0.25) is 0 Å². The lowest BCUT2D eigenvalue weighted by Gasteiger charge is -2.03. The summed E-state index contributed by atoms with van der Waals surface area (Å²) in [5, 5.41) is 0. The van der Waals surface area contributed by atoms with Crippen LogP contribution in [-0.2, 0) is 11.2 Å². The summed E-state index contributed by atoms with van der Waals surface area (Å²) < 4.78 is 5.09. The Balaban J connectivity index is 2.19. The summed E-state index contributed by atoms with van der Waals surface area (Å²) in [6.07, 6.45) is 4.59. The van der Waals surface area contributed by atoms with Crippen LogP contribution in [0.1, 0.15) is 31.2 Å². The monoisotopic (exact) mass is 221 g/mol. The van der Waals surface area contributed by atoms with Crippen molar-refractivity contribution in [2.75, 3.05) is 7.11 Å². The molecule has 1 aromatic carbocycles. The average Bonchev–Trinajstić information content (AvgIpc) is 2.29. The van der Waals surface area contributed by atoms with E-state index in [4.69, 9.17) is 10.5 Å². The van der Waals surface area contributed by atoms with Gasteiger partial charge in [-0.3, -0.25) is 4.79 Å². The first-order chi connectivity index (χ1) is 7.72. The van der Waals surface area contributed by atoms with Crippen LogP contribution in [0.25, 0.3) is 0 Å². The number of primary amides is 1. The van der Waals surface area contributed by atoms with Gasteiger partial charge >= 0.3 is 0 Å². The second-order valence-corrected chi connectivity index (χ2v) is 3.88. The highest BCUT2D eigenvalue weighted by Crippen LogP contribution is 2.13. The van der Waals surface area contributed by atoms with E-state index < -0.39 is 0 Å². The van der Waals surface area contributed by atoms with Crippen molar-refractivity contribution in [2.45, 2.75) is 32.1 Å². The maximum atomic E-state index is 10.5. The van der Waals surface area contributed by atoms with Gasteiger partial charge in [-0.25, -0.2) is 0 Å². The normalized spacial score (nSPS) is 10.1. The molecule has 3 heteroatoms. The lowest BCUT2D eigenvalue weighted by molar-refractivity contribution is -0.118. The largest absolute Gasteiger partial charge is 0.497 e. The third kappa shape index (κ3) is 4.82. The second kappa shape index (κ2) is 6.88. The Kier molecular flexibility index (Phi) is 5.40. The number of carbonyl (C=O) groups excluding carboxylic acids is 1. The Morgan fingerprint density at radius 1 is 1.19 bits per heavy atom. The zero-order chi connectivity index (χ0) is 11.8. The van der Waals surface area contributed by atoms with Gasteiger partial charge in [0.2, 0.25) is 5.91 Å². The van der Waals surface area contributed by atoms with Crippen molar-refractivity contribution in [3.63, 3.8) is 0 Å². The van der Waals surface area contributed by atoms with Crippen LogP contribution >= 0.6 is 0 Å². The molecule has 0 saturated heterocycles. The molecule has 1 rings (SSSR count).